The Morgan fingerprint density at radius 3 is 3.14 bits per heavy atom. The van der Waals surface area contributed by atoms with Crippen LogP contribution < -0.4 is 5.32 Å². The zero-order valence-electron chi connectivity index (χ0n) is 7.62. The molecule has 74 valence electrons. The SMILES string of the molecule is OCCc1ccc2c(c1)SC(=S)NC2. The molecule has 0 spiro atoms. The van der Waals surface area contributed by atoms with Crippen molar-refractivity contribution < 1.29 is 5.11 Å². The minimum absolute atomic E-state index is 0.201. The van der Waals surface area contributed by atoms with Crippen LogP contribution in [0.3, 0.4) is 0 Å². The number of thioether (sulfide) groups is 1. The molecule has 2 rings (SSSR count). The minimum Gasteiger partial charge on any atom is -0.396 e. The predicted molar refractivity (Wildman–Crippen MR) is 62.5 cm³/mol. The second-order valence-electron chi connectivity index (χ2n) is 3.16. The van der Waals surface area contributed by atoms with E-state index in [1.165, 1.54) is 16.0 Å². The van der Waals surface area contributed by atoms with Crippen molar-refractivity contribution in [3.05, 3.63) is 29.3 Å². The third-order valence-electron chi connectivity index (χ3n) is 2.16. The fourth-order valence-electron chi connectivity index (χ4n) is 1.43. The van der Waals surface area contributed by atoms with Gasteiger partial charge in [-0.2, -0.15) is 0 Å². The summed E-state index contributed by atoms with van der Waals surface area (Å²) in [5, 5.41) is 12.0. The Bertz CT molecular complexity index is 365. The van der Waals surface area contributed by atoms with Gasteiger partial charge in [0, 0.05) is 18.0 Å². The lowest BCUT2D eigenvalue weighted by Gasteiger charge is -2.18. The quantitative estimate of drug-likeness (QED) is 0.750. The number of benzene rings is 1. The minimum atomic E-state index is 0.201. The first-order valence-corrected chi connectivity index (χ1v) is 5.70. The van der Waals surface area contributed by atoms with Gasteiger partial charge >= 0.3 is 0 Å². The second-order valence-corrected chi connectivity index (χ2v) is 4.88. The number of nitrogens with one attached hydrogen (secondary N) is 1. The molecule has 0 saturated carbocycles. The van der Waals surface area contributed by atoms with E-state index in [0.29, 0.717) is 6.42 Å². The summed E-state index contributed by atoms with van der Waals surface area (Å²) in [6.45, 7) is 1.02. The molecule has 0 fully saturated rings. The second kappa shape index (κ2) is 4.29. The van der Waals surface area contributed by atoms with Gasteiger partial charge in [0.05, 0.1) is 0 Å². The molecule has 0 unspecified atom stereocenters. The lowest BCUT2D eigenvalue weighted by Crippen LogP contribution is -2.22. The molecular weight excluding hydrogens is 214 g/mol. The van der Waals surface area contributed by atoms with Crippen molar-refractivity contribution in [1.29, 1.82) is 0 Å². The van der Waals surface area contributed by atoms with Crippen molar-refractivity contribution in [3.63, 3.8) is 0 Å². The molecule has 1 aromatic carbocycles. The van der Waals surface area contributed by atoms with Crippen molar-refractivity contribution >= 4 is 28.3 Å². The summed E-state index contributed by atoms with van der Waals surface area (Å²) in [5.41, 5.74) is 2.45. The number of aliphatic hydroxyl groups is 1. The van der Waals surface area contributed by atoms with E-state index in [1.54, 1.807) is 11.8 Å². The topological polar surface area (TPSA) is 32.3 Å². The zero-order chi connectivity index (χ0) is 9.97. The first-order valence-electron chi connectivity index (χ1n) is 4.48. The molecule has 2 N–H and O–H groups in total. The highest BCUT2D eigenvalue weighted by Crippen LogP contribution is 2.28. The van der Waals surface area contributed by atoms with Crippen LogP contribution in [0.25, 0.3) is 0 Å². The smallest absolute Gasteiger partial charge is 0.138 e. The van der Waals surface area contributed by atoms with E-state index in [4.69, 9.17) is 17.3 Å². The van der Waals surface area contributed by atoms with Gasteiger partial charge in [0.15, 0.2) is 0 Å². The van der Waals surface area contributed by atoms with Crippen molar-refractivity contribution in [1.82, 2.24) is 5.32 Å². The van der Waals surface area contributed by atoms with Crippen LogP contribution in [0.5, 0.6) is 0 Å². The van der Waals surface area contributed by atoms with Crippen LogP contribution >= 0.6 is 24.0 Å². The monoisotopic (exact) mass is 225 g/mol. The summed E-state index contributed by atoms with van der Waals surface area (Å²) in [6.07, 6.45) is 0.716. The van der Waals surface area contributed by atoms with Crippen LogP contribution in [-0.4, -0.2) is 16.0 Å². The Morgan fingerprint density at radius 2 is 2.36 bits per heavy atom. The number of rotatable bonds is 2. The number of aliphatic hydroxyl groups excluding tert-OH is 1. The van der Waals surface area contributed by atoms with E-state index in [2.05, 4.69) is 23.5 Å². The van der Waals surface area contributed by atoms with Crippen LogP contribution in [0.15, 0.2) is 23.1 Å². The zero-order valence-corrected chi connectivity index (χ0v) is 9.25. The standard InChI is InChI=1S/C10H11NOS2/c12-4-3-7-1-2-8-6-11-10(13)14-9(8)5-7/h1-2,5,12H,3-4,6H2,(H,11,13). The number of thiocarbonyl (C=S) groups is 1. The summed E-state index contributed by atoms with van der Waals surface area (Å²) in [6, 6.07) is 6.27. The van der Waals surface area contributed by atoms with Crippen molar-refractivity contribution in [2.75, 3.05) is 6.61 Å². The number of fused-ring (bicyclic) bond motifs is 1. The Balaban J connectivity index is 2.28. The lowest BCUT2D eigenvalue weighted by atomic mass is 10.1. The van der Waals surface area contributed by atoms with Crippen LogP contribution in [0, 0.1) is 0 Å². The average molecular weight is 225 g/mol. The van der Waals surface area contributed by atoms with E-state index in [1.807, 2.05) is 0 Å². The van der Waals surface area contributed by atoms with E-state index in [9.17, 15) is 0 Å². The van der Waals surface area contributed by atoms with Crippen molar-refractivity contribution in [2.24, 2.45) is 0 Å². The van der Waals surface area contributed by atoms with Gasteiger partial charge in [-0.3, -0.25) is 0 Å². The summed E-state index contributed by atoms with van der Waals surface area (Å²) < 4.78 is 0.832. The first-order chi connectivity index (χ1) is 6.79. The Hall–Kier alpha value is -0.580. The Labute approximate surface area is 92.7 Å². The fraction of sp³-hybridized carbons (Fsp3) is 0.300. The molecule has 0 radical (unpaired) electrons. The first kappa shape index (κ1) is 9.96. The van der Waals surface area contributed by atoms with Gasteiger partial charge in [-0.05, 0) is 23.6 Å². The van der Waals surface area contributed by atoms with Gasteiger partial charge in [0.1, 0.15) is 4.32 Å². The van der Waals surface area contributed by atoms with Crippen LogP contribution in [-0.2, 0) is 13.0 Å². The Kier molecular flexibility index (Phi) is 3.05. The van der Waals surface area contributed by atoms with Gasteiger partial charge in [0.25, 0.3) is 0 Å². The van der Waals surface area contributed by atoms with E-state index in [0.717, 1.165) is 10.9 Å². The van der Waals surface area contributed by atoms with Crippen LogP contribution in [0.2, 0.25) is 0 Å². The molecule has 14 heavy (non-hydrogen) atoms. The summed E-state index contributed by atoms with van der Waals surface area (Å²) in [4.78, 5) is 1.22. The molecule has 1 aromatic rings. The molecule has 2 nitrogen and oxygen atoms in total. The Morgan fingerprint density at radius 1 is 1.50 bits per heavy atom. The lowest BCUT2D eigenvalue weighted by molar-refractivity contribution is 0.299. The van der Waals surface area contributed by atoms with Gasteiger partial charge in [-0.15, -0.1) is 0 Å². The molecule has 0 amide bonds. The van der Waals surface area contributed by atoms with Crippen molar-refractivity contribution in [3.8, 4) is 0 Å². The number of hydrogen-bond donors (Lipinski definition) is 2. The number of hydrogen-bond acceptors (Lipinski definition) is 3. The van der Waals surface area contributed by atoms with E-state index >= 15 is 0 Å². The maximum atomic E-state index is 8.83. The van der Waals surface area contributed by atoms with Gasteiger partial charge in [0.2, 0.25) is 0 Å². The third-order valence-corrected chi connectivity index (χ3v) is 3.48. The normalized spacial score (nSPS) is 14.8. The summed E-state index contributed by atoms with van der Waals surface area (Å²) >= 11 is 6.68. The summed E-state index contributed by atoms with van der Waals surface area (Å²) in [5.74, 6) is 0. The predicted octanol–water partition coefficient (Wildman–Crippen LogP) is 1.70. The van der Waals surface area contributed by atoms with Crippen LogP contribution in [0.1, 0.15) is 11.1 Å². The molecule has 1 aliphatic rings. The highest BCUT2D eigenvalue weighted by molar-refractivity contribution is 8.23. The molecule has 0 atom stereocenters. The molecule has 1 heterocycles. The maximum absolute atomic E-state index is 8.83. The highest BCUT2D eigenvalue weighted by Gasteiger charge is 2.12. The van der Waals surface area contributed by atoms with Crippen LogP contribution in [0.4, 0.5) is 0 Å². The maximum Gasteiger partial charge on any atom is 0.138 e. The molecule has 4 heteroatoms. The highest BCUT2D eigenvalue weighted by atomic mass is 32.2. The van der Waals surface area contributed by atoms with Gasteiger partial charge in [-0.1, -0.05) is 36.1 Å². The molecule has 0 saturated heterocycles. The molecular formula is C10H11NOS2. The van der Waals surface area contributed by atoms with Gasteiger partial charge < -0.3 is 10.4 Å². The third kappa shape index (κ3) is 2.08. The molecule has 0 bridgehead atoms. The molecule has 1 aliphatic heterocycles. The summed E-state index contributed by atoms with van der Waals surface area (Å²) in [7, 11) is 0. The van der Waals surface area contributed by atoms with E-state index in [-0.39, 0.29) is 6.61 Å². The average Bonchev–Trinajstić information content (AvgIpc) is 2.17. The van der Waals surface area contributed by atoms with E-state index < -0.39 is 0 Å². The van der Waals surface area contributed by atoms with Crippen molar-refractivity contribution in [2.45, 2.75) is 17.9 Å². The molecule has 0 aromatic heterocycles. The molecule has 0 aliphatic carbocycles. The largest absolute Gasteiger partial charge is 0.396 e. The fourth-order valence-corrected chi connectivity index (χ4v) is 2.60. The van der Waals surface area contributed by atoms with Gasteiger partial charge in [-0.25, -0.2) is 0 Å².